The highest BCUT2D eigenvalue weighted by Gasteiger charge is 2.01. The van der Waals surface area contributed by atoms with Crippen LogP contribution in [0.15, 0.2) is 12.4 Å². The number of nitrogens with one attached hydrogen (secondary N) is 3. The van der Waals surface area contributed by atoms with Crippen LogP contribution in [0.4, 0.5) is 11.5 Å². The fourth-order valence-electron chi connectivity index (χ4n) is 1.57. The van der Waals surface area contributed by atoms with E-state index >= 15 is 0 Å². The van der Waals surface area contributed by atoms with Crippen molar-refractivity contribution in [3.8, 4) is 0 Å². The minimum absolute atomic E-state index is 0.583. The highest BCUT2D eigenvalue weighted by Crippen LogP contribution is 2.13. The van der Waals surface area contributed by atoms with E-state index < -0.39 is 0 Å². The molecule has 86 valence electrons. The maximum absolute atomic E-state index is 5.65. The third kappa shape index (κ3) is 2.33. The van der Waals surface area contributed by atoms with Crippen molar-refractivity contribution in [3.05, 3.63) is 23.7 Å². The molecule has 0 atom stereocenters. The van der Waals surface area contributed by atoms with Crippen LogP contribution in [0.25, 0.3) is 0 Å². The fourth-order valence-corrected chi connectivity index (χ4v) is 1.57. The molecule has 2 rings (SSSR count). The quantitative estimate of drug-likeness (QED) is 0.567. The Labute approximate surface area is 93.6 Å². The molecule has 0 aliphatic carbocycles. The van der Waals surface area contributed by atoms with Gasteiger partial charge in [0, 0.05) is 12.2 Å². The molecule has 0 fully saturated rings. The van der Waals surface area contributed by atoms with Crippen molar-refractivity contribution in [3.63, 3.8) is 0 Å². The molecule has 2 heterocycles. The van der Waals surface area contributed by atoms with Gasteiger partial charge in [-0.1, -0.05) is 0 Å². The average molecular weight is 220 g/mol. The molecule has 5 N–H and O–H groups in total. The first-order chi connectivity index (χ1) is 7.77. The molecular weight excluding hydrogens is 204 g/mol. The number of aromatic nitrogens is 4. The molecule has 0 bridgehead atoms. The van der Waals surface area contributed by atoms with Crippen LogP contribution in [0.3, 0.4) is 0 Å². The van der Waals surface area contributed by atoms with Crippen LogP contribution in [-0.2, 0) is 6.42 Å². The lowest BCUT2D eigenvalue weighted by atomic mass is 10.1. The molecule has 0 spiro atoms. The molecule has 0 aliphatic rings. The van der Waals surface area contributed by atoms with Crippen LogP contribution in [0.1, 0.15) is 17.7 Å². The number of H-pyrrole nitrogens is 2. The van der Waals surface area contributed by atoms with Crippen molar-refractivity contribution >= 4 is 11.5 Å². The van der Waals surface area contributed by atoms with E-state index in [4.69, 9.17) is 5.73 Å². The predicted octanol–water partition coefficient (Wildman–Crippen LogP) is 1.07. The number of hydrogen-bond acceptors (Lipinski definition) is 4. The number of nitrogens with two attached hydrogens (primary N) is 1. The summed E-state index contributed by atoms with van der Waals surface area (Å²) in [7, 11) is 0. The van der Waals surface area contributed by atoms with E-state index in [-0.39, 0.29) is 0 Å². The second kappa shape index (κ2) is 4.69. The summed E-state index contributed by atoms with van der Waals surface area (Å²) in [5.74, 6) is 0.583. The lowest BCUT2D eigenvalue weighted by Gasteiger charge is -2.03. The summed E-state index contributed by atoms with van der Waals surface area (Å²) in [4.78, 5) is 0. The Bertz CT molecular complexity index is 401. The molecule has 6 heteroatoms. The van der Waals surface area contributed by atoms with Gasteiger partial charge in [0.05, 0.1) is 18.1 Å². The van der Waals surface area contributed by atoms with Crippen molar-refractivity contribution in [2.75, 3.05) is 17.6 Å². The number of nitrogens with zero attached hydrogens (tertiary/aromatic N) is 2. The number of aromatic amines is 2. The third-order valence-corrected chi connectivity index (χ3v) is 2.54. The van der Waals surface area contributed by atoms with Gasteiger partial charge in [-0.2, -0.15) is 10.2 Å². The Kier molecular flexibility index (Phi) is 3.09. The molecule has 2 aromatic rings. The molecule has 6 nitrogen and oxygen atoms in total. The lowest BCUT2D eigenvalue weighted by Crippen LogP contribution is -2.04. The van der Waals surface area contributed by atoms with Gasteiger partial charge < -0.3 is 11.1 Å². The summed E-state index contributed by atoms with van der Waals surface area (Å²) in [6.07, 6.45) is 5.61. The predicted molar refractivity (Wildman–Crippen MR) is 63.1 cm³/mol. The maximum atomic E-state index is 5.65. The van der Waals surface area contributed by atoms with E-state index in [1.54, 1.807) is 6.20 Å². The molecule has 0 amide bonds. The maximum Gasteiger partial charge on any atom is 0.142 e. The minimum Gasteiger partial charge on any atom is -0.382 e. The number of anilines is 2. The van der Waals surface area contributed by atoms with Crippen molar-refractivity contribution < 1.29 is 0 Å². The highest BCUT2D eigenvalue weighted by atomic mass is 15.2. The van der Waals surface area contributed by atoms with Gasteiger partial charge in [0.1, 0.15) is 5.82 Å². The standard InChI is InChI=1S/C10H16N6/c1-7-8(5-13-15-7)3-2-4-12-9-6-14-16-10(9)11/h5-6,12H,2-4H2,1H3,(H,13,15)(H3,11,14,16). The van der Waals surface area contributed by atoms with E-state index in [0.29, 0.717) is 5.82 Å². The number of nitrogen functional groups attached to an aromatic ring is 1. The van der Waals surface area contributed by atoms with E-state index in [9.17, 15) is 0 Å². The monoisotopic (exact) mass is 220 g/mol. The molecule has 0 unspecified atom stereocenters. The second-order valence-electron chi connectivity index (χ2n) is 3.75. The van der Waals surface area contributed by atoms with Crippen LogP contribution in [-0.4, -0.2) is 26.9 Å². The number of aryl methyl sites for hydroxylation is 2. The zero-order valence-corrected chi connectivity index (χ0v) is 9.25. The van der Waals surface area contributed by atoms with Gasteiger partial charge >= 0.3 is 0 Å². The van der Waals surface area contributed by atoms with Gasteiger partial charge in [-0.3, -0.25) is 10.2 Å². The Balaban J connectivity index is 1.74. The van der Waals surface area contributed by atoms with Crippen molar-refractivity contribution in [2.45, 2.75) is 19.8 Å². The SMILES string of the molecule is Cc1[nH]ncc1CCCNc1cn[nH]c1N. The largest absolute Gasteiger partial charge is 0.382 e. The fraction of sp³-hybridized carbons (Fsp3) is 0.400. The van der Waals surface area contributed by atoms with E-state index in [1.165, 1.54) is 5.56 Å². The normalized spacial score (nSPS) is 10.6. The summed E-state index contributed by atoms with van der Waals surface area (Å²) < 4.78 is 0. The Morgan fingerprint density at radius 1 is 1.31 bits per heavy atom. The minimum atomic E-state index is 0.583. The molecular formula is C10H16N6. The van der Waals surface area contributed by atoms with Crippen molar-refractivity contribution in [2.24, 2.45) is 0 Å². The van der Waals surface area contributed by atoms with Gasteiger partial charge in [-0.25, -0.2) is 0 Å². The van der Waals surface area contributed by atoms with Crippen LogP contribution in [0.2, 0.25) is 0 Å². The smallest absolute Gasteiger partial charge is 0.142 e. The van der Waals surface area contributed by atoms with E-state index in [2.05, 4.69) is 25.7 Å². The van der Waals surface area contributed by atoms with Gasteiger partial charge in [0.15, 0.2) is 0 Å². The van der Waals surface area contributed by atoms with Gasteiger partial charge in [0.2, 0.25) is 0 Å². The lowest BCUT2D eigenvalue weighted by molar-refractivity contribution is 0.858. The summed E-state index contributed by atoms with van der Waals surface area (Å²) in [6, 6.07) is 0. The number of hydrogen-bond donors (Lipinski definition) is 4. The van der Waals surface area contributed by atoms with Crippen LogP contribution in [0.5, 0.6) is 0 Å². The van der Waals surface area contributed by atoms with Crippen molar-refractivity contribution in [1.29, 1.82) is 0 Å². The molecule has 0 saturated heterocycles. The van der Waals surface area contributed by atoms with E-state index in [0.717, 1.165) is 30.8 Å². The molecule has 0 aromatic carbocycles. The molecule has 0 radical (unpaired) electrons. The molecule has 16 heavy (non-hydrogen) atoms. The Morgan fingerprint density at radius 2 is 2.12 bits per heavy atom. The van der Waals surface area contributed by atoms with E-state index in [1.807, 2.05) is 13.1 Å². The van der Waals surface area contributed by atoms with Gasteiger partial charge in [-0.15, -0.1) is 0 Å². The van der Waals surface area contributed by atoms with Gasteiger partial charge in [-0.05, 0) is 25.3 Å². The Hall–Kier alpha value is -1.98. The van der Waals surface area contributed by atoms with Crippen LogP contribution in [0, 0.1) is 6.92 Å². The number of rotatable bonds is 5. The summed E-state index contributed by atoms with van der Waals surface area (Å²) >= 11 is 0. The van der Waals surface area contributed by atoms with Crippen molar-refractivity contribution in [1.82, 2.24) is 20.4 Å². The molecule has 0 saturated carbocycles. The first-order valence-electron chi connectivity index (χ1n) is 5.29. The summed E-state index contributed by atoms with van der Waals surface area (Å²) in [5, 5.41) is 16.7. The first-order valence-corrected chi connectivity index (χ1v) is 5.29. The first kappa shape index (κ1) is 10.5. The zero-order chi connectivity index (χ0) is 11.4. The zero-order valence-electron chi connectivity index (χ0n) is 9.25. The second-order valence-corrected chi connectivity index (χ2v) is 3.75. The highest BCUT2D eigenvalue weighted by molar-refractivity contribution is 5.59. The molecule has 2 aromatic heterocycles. The van der Waals surface area contributed by atoms with Crippen LogP contribution >= 0.6 is 0 Å². The molecule has 0 aliphatic heterocycles. The topological polar surface area (TPSA) is 95.4 Å². The van der Waals surface area contributed by atoms with Crippen LogP contribution < -0.4 is 11.1 Å². The average Bonchev–Trinajstić information content (AvgIpc) is 2.84. The Morgan fingerprint density at radius 3 is 2.75 bits per heavy atom. The third-order valence-electron chi connectivity index (χ3n) is 2.54. The summed E-state index contributed by atoms with van der Waals surface area (Å²) in [6.45, 7) is 2.90. The van der Waals surface area contributed by atoms with Gasteiger partial charge in [0.25, 0.3) is 0 Å². The summed E-state index contributed by atoms with van der Waals surface area (Å²) in [5.41, 5.74) is 8.92.